The van der Waals surface area contributed by atoms with Crippen molar-refractivity contribution in [1.82, 2.24) is 9.13 Å². The van der Waals surface area contributed by atoms with E-state index in [-0.39, 0.29) is 0 Å². The highest BCUT2D eigenvalue weighted by molar-refractivity contribution is 9.10. The Morgan fingerprint density at radius 2 is 0.769 bits per heavy atom. The molecule has 184 valence electrons. The Bertz CT molecular complexity index is 2070. The van der Waals surface area contributed by atoms with E-state index in [4.69, 9.17) is 0 Å². The number of nitrogens with zero attached hydrogens (tertiary/aromatic N) is 2. The fourth-order valence-electron chi connectivity index (χ4n) is 6.07. The second-order valence-corrected chi connectivity index (χ2v) is 10.9. The van der Waals surface area contributed by atoms with Crippen LogP contribution in [-0.2, 0) is 0 Å². The monoisotopic (exact) mass is 562 g/mol. The molecular formula is C36H23BrN2. The second-order valence-electron chi connectivity index (χ2n) is 9.98. The van der Waals surface area contributed by atoms with Crippen LogP contribution in [0, 0.1) is 0 Å². The quantitative estimate of drug-likeness (QED) is 0.202. The summed E-state index contributed by atoms with van der Waals surface area (Å²) in [5.74, 6) is 0. The molecule has 0 bridgehead atoms. The maximum Gasteiger partial charge on any atom is 0.0541 e. The fourth-order valence-corrected chi connectivity index (χ4v) is 6.56. The van der Waals surface area contributed by atoms with Gasteiger partial charge in [0.2, 0.25) is 0 Å². The highest BCUT2D eigenvalue weighted by Gasteiger charge is 2.14. The van der Waals surface area contributed by atoms with E-state index < -0.39 is 0 Å². The minimum atomic E-state index is 1.06. The van der Waals surface area contributed by atoms with Crippen LogP contribution in [-0.4, -0.2) is 9.13 Å². The smallest absolute Gasteiger partial charge is 0.0541 e. The fraction of sp³-hybridized carbons (Fsp3) is 0. The molecule has 0 N–H and O–H groups in total. The second kappa shape index (κ2) is 8.72. The van der Waals surface area contributed by atoms with Crippen LogP contribution in [0.3, 0.4) is 0 Å². The van der Waals surface area contributed by atoms with E-state index in [0.717, 1.165) is 15.8 Å². The summed E-state index contributed by atoms with van der Waals surface area (Å²) in [5.41, 5.74) is 9.54. The highest BCUT2D eigenvalue weighted by Crippen LogP contribution is 2.36. The third kappa shape index (κ3) is 3.47. The number of rotatable bonds is 3. The molecular weight excluding hydrogens is 540 g/mol. The number of benzene rings is 6. The van der Waals surface area contributed by atoms with Gasteiger partial charge in [-0.15, -0.1) is 0 Å². The zero-order valence-electron chi connectivity index (χ0n) is 21.1. The number of hydrogen-bond acceptors (Lipinski definition) is 0. The normalized spacial score (nSPS) is 11.7. The number of para-hydroxylation sites is 4. The van der Waals surface area contributed by atoms with E-state index in [2.05, 4.69) is 165 Å². The molecule has 0 aliphatic rings. The van der Waals surface area contributed by atoms with Crippen LogP contribution in [0.2, 0.25) is 0 Å². The van der Waals surface area contributed by atoms with Gasteiger partial charge in [0.05, 0.1) is 22.1 Å². The first-order chi connectivity index (χ1) is 19.3. The van der Waals surface area contributed by atoms with Crippen LogP contribution in [0.25, 0.3) is 66.1 Å². The van der Waals surface area contributed by atoms with Crippen molar-refractivity contribution in [3.63, 3.8) is 0 Å². The van der Waals surface area contributed by atoms with Crippen LogP contribution >= 0.6 is 15.9 Å². The van der Waals surface area contributed by atoms with Crippen LogP contribution in [0.15, 0.2) is 144 Å². The Morgan fingerprint density at radius 1 is 0.359 bits per heavy atom. The van der Waals surface area contributed by atoms with Gasteiger partial charge in [-0.3, -0.25) is 0 Å². The van der Waals surface area contributed by atoms with E-state index in [1.165, 1.54) is 54.7 Å². The molecule has 0 spiro atoms. The first-order valence-corrected chi connectivity index (χ1v) is 13.9. The van der Waals surface area contributed by atoms with Crippen molar-refractivity contribution in [2.75, 3.05) is 0 Å². The molecule has 0 aliphatic heterocycles. The molecule has 3 heteroatoms. The molecule has 0 unspecified atom stereocenters. The molecule has 2 nitrogen and oxygen atoms in total. The van der Waals surface area contributed by atoms with Crippen molar-refractivity contribution in [2.24, 2.45) is 0 Å². The molecule has 2 heterocycles. The third-order valence-corrected chi connectivity index (χ3v) is 8.22. The first-order valence-electron chi connectivity index (χ1n) is 13.1. The van der Waals surface area contributed by atoms with Gasteiger partial charge < -0.3 is 9.13 Å². The van der Waals surface area contributed by atoms with Crippen molar-refractivity contribution < 1.29 is 0 Å². The van der Waals surface area contributed by atoms with E-state index in [1.807, 2.05) is 0 Å². The summed E-state index contributed by atoms with van der Waals surface area (Å²) in [6.45, 7) is 0. The van der Waals surface area contributed by atoms with Crippen molar-refractivity contribution in [3.05, 3.63) is 144 Å². The number of fused-ring (bicyclic) bond motifs is 6. The summed E-state index contributed by atoms with van der Waals surface area (Å²) < 4.78 is 5.79. The van der Waals surface area contributed by atoms with Crippen LogP contribution < -0.4 is 0 Å². The van der Waals surface area contributed by atoms with Gasteiger partial charge >= 0.3 is 0 Å². The molecule has 8 rings (SSSR count). The van der Waals surface area contributed by atoms with Gasteiger partial charge in [0.25, 0.3) is 0 Å². The Hall–Kier alpha value is -4.60. The lowest BCUT2D eigenvalue weighted by molar-refractivity contribution is 1.17. The molecule has 0 saturated carbocycles. The Labute approximate surface area is 234 Å². The van der Waals surface area contributed by atoms with Gasteiger partial charge in [0.15, 0.2) is 0 Å². The zero-order valence-corrected chi connectivity index (χ0v) is 22.6. The van der Waals surface area contributed by atoms with Gasteiger partial charge in [0.1, 0.15) is 0 Å². The topological polar surface area (TPSA) is 9.86 Å². The van der Waals surface area contributed by atoms with Gasteiger partial charge in [-0.05, 0) is 65.7 Å². The Morgan fingerprint density at radius 3 is 1.23 bits per heavy atom. The lowest BCUT2D eigenvalue weighted by atomic mass is 10.0. The predicted octanol–water partition coefficient (Wildman–Crippen LogP) is 10.3. The Kier molecular flexibility index (Phi) is 5.01. The largest absolute Gasteiger partial charge is 0.309 e. The summed E-state index contributed by atoms with van der Waals surface area (Å²) in [6, 6.07) is 50.2. The molecule has 2 aromatic heterocycles. The molecule has 0 saturated heterocycles. The van der Waals surface area contributed by atoms with Gasteiger partial charge in [0, 0.05) is 37.4 Å². The summed E-state index contributed by atoms with van der Waals surface area (Å²) in [7, 11) is 0. The molecule has 0 amide bonds. The first kappa shape index (κ1) is 22.4. The SMILES string of the molecule is Brc1cc(-c2ccc(-n3c4ccccc4c4ccccc43)cc2)cc(-n2c3ccccc3c3ccccc32)c1. The molecule has 0 aliphatic carbocycles. The molecule has 0 fully saturated rings. The zero-order chi connectivity index (χ0) is 25.9. The van der Waals surface area contributed by atoms with E-state index in [1.54, 1.807) is 0 Å². The summed E-state index contributed by atoms with van der Waals surface area (Å²) >= 11 is 3.81. The van der Waals surface area contributed by atoms with Crippen LogP contribution in [0.1, 0.15) is 0 Å². The average molecular weight is 563 g/mol. The van der Waals surface area contributed by atoms with E-state index >= 15 is 0 Å². The maximum atomic E-state index is 3.81. The third-order valence-electron chi connectivity index (χ3n) is 7.76. The van der Waals surface area contributed by atoms with Crippen molar-refractivity contribution in [2.45, 2.75) is 0 Å². The lowest BCUT2D eigenvalue weighted by Gasteiger charge is -2.13. The molecule has 0 atom stereocenters. The molecule has 8 aromatic rings. The number of aromatic nitrogens is 2. The van der Waals surface area contributed by atoms with Crippen molar-refractivity contribution in [3.8, 4) is 22.5 Å². The summed E-state index contributed by atoms with van der Waals surface area (Å²) in [5, 5.41) is 5.09. The minimum absolute atomic E-state index is 1.06. The number of hydrogen-bond donors (Lipinski definition) is 0. The average Bonchev–Trinajstić information content (AvgIpc) is 3.50. The van der Waals surface area contributed by atoms with Gasteiger partial charge in [-0.1, -0.05) is 101 Å². The van der Waals surface area contributed by atoms with Crippen LogP contribution in [0.4, 0.5) is 0 Å². The Balaban J connectivity index is 1.28. The molecule has 0 radical (unpaired) electrons. The van der Waals surface area contributed by atoms with Gasteiger partial charge in [-0.2, -0.15) is 0 Å². The van der Waals surface area contributed by atoms with Gasteiger partial charge in [-0.25, -0.2) is 0 Å². The molecule has 39 heavy (non-hydrogen) atoms. The van der Waals surface area contributed by atoms with Crippen LogP contribution in [0.5, 0.6) is 0 Å². The number of halogens is 1. The summed E-state index contributed by atoms with van der Waals surface area (Å²) in [4.78, 5) is 0. The summed E-state index contributed by atoms with van der Waals surface area (Å²) in [6.07, 6.45) is 0. The van der Waals surface area contributed by atoms with Crippen molar-refractivity contribution in [1.29, 1.82) is 0 Å². The van der Waals surface area contributed by atoms with E-state index in [9.17, 15) is 0 Å². The molecule has 6 aromatic carbocycles. The standard InChI is InChI=1S/C36H23BrN2/c37-26-21-25(22-28(23-26)39-35-15-7-3-11-31(35)32-12-4-8-16-36(32)39)24-17-19-27(20-18-24)38-33-13-5-1-9-29(33)30-10-2-6-14-34(30)38/h1-23H. The lowest BCUT2D eigenvalue weighted by Crippen LogP contribution is -1.95. The highest BCUT2D eigenvalue weighted by atomic mass is 79.9. The minimum Gasteiger partial charge on any atom is -0.309 e. The predicted molar refractivity (Wildman–Crippen MR) is 168 cm³/mol. The van der Waals surface area contributed by atoms with E-state index in [0.29, 0.717) is 0 Å². The maximum absolute atomic E-state index is 3.81. The van der Waals surface area contributed by atoms with Crippen molar-refractivity contribution >= 4 is 59.5 Å².